The summed E-state index contributed by atoms with van der Waals surface area (Å²) in [5.41, 5.74) is 13.3. The fraction of sp³-hybridized carbons (Fsp3) is 0.559. The second-order valence-electron chi connectivity index (χ2n) is 25.8. The van der Waals surface area contributed by atoms with Crippen molar-refractivity contribution in [1.29, 1.82) is 0 Å². The summed E-state index contributed by atoms with van der Waals surface area (Å²) in [5, 5.41) is 5.78. The maximum Gasteiger partial charge on any atom is -0.00391 e. The molecule has 0 atom stereocenters. The van der Waals surface area contributed by atoms with Gasteiger partial charge in [-0.25, -0.2) is 0 Å². The molecule has 0 spiro atoms. The molecule has 0 saturated heterocycles. The van der Waals surface area contributed by atoms with Crippen molar-refractivity contribution >= 4 is 27.0 Å². The Morgan fingerprint density at radius 1 is 0.486 bits per heavy atom. The predicted octanol–water partition coefficient (Wildman–Crippen LogP) is 13.2. The van der Waals surface area contributed by atoms with Crippen LogP contribution < -0.4 is 24.8 Å². The molecule has 16 rings (SSSR count). The zero-order valence-corrected chi connectivity index (χ0v) is 49.1. The number of fused-ring (bicyclic) bond motifs is 2. The summed E-state index contributed by atoms with van der Waals surface area (Å²) >= 11 is 1.79. The Hall–Kier alpha value is -2.22. The topological polar surface area (TPSA) is 0 Å². The third kappa shape index (κ3) is 11.4. The van der Waals surface area contributed by atoms with Crippen molar-refractivity contribution in [3.05, 3.63) is 131 Å². The number of hydrogen-bond donors (Lipinski definition) is 0. The first-order chi connectivity index (χ1) is 34.2. The molecule has 6 aromatic carbocycles. The smallest absolute Gasteiger partial charge is 0.00391 e. The standard InChI is InChI=1S/2C32H37.C4H10Si.2ClH.Zr/c2*1-2-5-22(6-3-1)13-23-17-28-7-4-8-30(31(28)18-23)27-9-11-29(12-10-27)32-19-24-14-25(20-32)16-26(15-24)21-32;1-3-4-5-2;;;/h2*4,7-12,17-18,22,24-26H,1-3,5-6,13-16,19-21H2;3-4H2,1-2H3;2*1H;/q2*-1;;;;+2/p-2. The van der Waals surface area contributed by atoms with E-state index in [0.717, 1.165) is 47.3 Å². The van der Waals surface area contributed by atoms with E-state index in [2.05, 4.69) is 123 Å². The maximum absolute atomic E-state index is 2.51. The van der Waals surface area contributed by atoms with Crippen molar-refractivity contribution in [2.45, 2.75) is 191 Å². The molecular formula is C68H84Cl2SiZr-2. The quantitative estimate of drug-likeness (QED) is 0.0947. The van der Waals surface area contributed by atoms with Gasteiger partial charge in [0.1, 0.15) is 0 Å². The molecule has 0 aromatic heterocycles. The minimum Gasteiger partial charge on any atom is -1.00 e. The van der Waals surface area contributed by atoms with Crippen LogP contribution in [0.15, 0.2) is 109 Å². The van der Waals surface area contributed by atoms with Gasteiger partial charge < -0.3 is 24.8 Å². The van der Waals surface area contributed by atoms with Gasteiger partial charge in [-0.1, -0.05) is 136 Å². The van der Waals surface area contributed by atoms with Crippen molar-refractivity contribution in [3.8, 4) is 22.3 Å². The van der Waals surface area contributed by atoms with Crippen LogP contribution in [0.1, 0.15) is 177 Å². The summed E-state index contributed by atoms with van der Waals surface area (Å²) in [6, 6.07) is 45.1. The number of hydrogen-bond acceptors (Lipinski definition) is 0. The van der Waals surface area contributed by atoms with Crippen LogP contribution in [0.25, 0.3) is 43.8 Å². The summed E-state index contributed by atoms with van der Waals surface area (Å²) in [7, 11) is 0. The van der Waals surface area contributed by atoms with E-state index >= 15 is 0 Å². The van der Waals surface area contributed by atoms with Crippen LogP contribution in [0.5, 0.6) is 0 Å². The molecule has 0 radical (unpaired) electrons. The van der Waals surface area contributed by atoms with E-state index < -0.39 is 0 Å². The third-order valence-corrected chi connectivity index (χ3v) is 23.5. The van der Waals surface area contributed by atoms with Gasteiger partial charge in [0.2, 0.25) is 0 Å². The molecule has 10 saturated carbocycles. The molecule has 6 aromatic rings. The Labute approximate surface area is 463 Å². The number of rotatable bonds is 10. The fourth-order valence-corrected chi connectivity index (χ4v) is 20.7. The minimum absolute atomic E-state index is 0. The van der Waals surface area contributed by atoms with Crippen LogP contribution in [0.4, 0.5) is 0 Å². The summed E-state index contributed by atoms with van der Waals surface area (Å²) in [6.07, 6.45) is 36.2. The van der Waals surface area contributed by atoms with Crippen LogP contribution in [0.3, 0.4) is 0 Å². The molecule has 0 amide bonds. The summed E-state index contributed by atoms with van der Waals surface area (Å²) in [4.78, 5) is 0. The minimum atomic E-state index is 0. The molecule has 10 aliphatic rings. The van der Waals surface area contributed by atoms with Crippen molar-refractivity contribution in [3.63, 3.8) is 0 Å². The molecule has 0 N–H and O–H groups in total. The van der Waals surface area contributed by atoms with Gasteiger partial charge in [-0.15, -0.1) is 69.1 Å². The van der Waals surface area contributed by atoms with Gasteiger partial charge in [-0.3, -0.25) is 0 Å². The zero-order chi connectivity index (χ0) is 47.2. The molecule has 380 valence electrons. The maximum atomic E-state index is 2.51. The predicted molar refractivity (Wildman–Crippen MR) is 297 cm³/mol. The van der Waals surface area contributed by atoms with Gasteiger partial charge in [0.15, 0.2) is 0 Å². The molecule has 10 fully saturated rings. The average molecular weight is 1090 g/mol. The monoisotopic (exact) mass is 1090 g/mol. The van der Waals surface area contributed by atoms with E-state index in [1.54, 1.807) is 45.6 Å². The van der Waals surface area contributed by atoms with Crippen molar-refractivity contribution < 1.29 is 48.1 Å². The molecule has 10 aliphatic carbocycles. The van der Waals surface area contributed by atoms with Crippen molar-refractivity contribution in [1.82, 2.24) is 0 Å². The Kier molecular flexibility index (Phi) is 17.1. The average Bonchev–Trinajstić information content (AvgIpc) is 3.98. The second-order valence-corrected chi connectivity index (χ2v) is 34.2. The van der Waals surface area contributed by atoms with Crippen LogP contribution >= 0.6 is 0 Å². The van der Waals surface area contributed by atoms with E-state index in [9.17, 15) is 0 Å². The van der Waals surface area contributed by atoms with Crippen molar-refractivity contribution in [2.24, 2.45) is 47.3 Å². The largest absolute Gasteiger partial charge is 1.00 e. The molecule has 0 aliphatic heterocycles. The Morgan fingerprint density at radius 3 is 1.14 bits per heavy atom. The zero-order valence-electron chi connectivity index (χ0n) is 44.2. The molecule has 8 bridgehead atoms. The summed E-state index contributed by atoms with van der Waals surface area (Å²) in [6.45, 7) is 4.66. The molecule has 0 heterocycles. The van der Waals surface area contributed by atoms with Gasteiger partial charge in [-0.05, 0) is 170 Å². The molecular weight excluding hydrogens is 1010 g/mol. The van der Waals surface area contributed by atoms with E-state index in [-0.39, 0.29) is 30.2 Å². The second kappa shape index (κ2) is 23.2. The van der Waals surface area contributed by atoms with Gasteiger partial charge in [0, 0.05) is 0 Å². The number of benzene rings is 4. The van der Waals surface area contributed by atoms with Crippen LogP contribution in [-0.4, -0.2) is 5.43 Å². The Bertz CT molecular complexity index is 2490. The first kappa shape index (κ1) is 53.2. The van der Waals surface area contributed by atoms with Gasteiger partial charge in [0.25, 0.3) is 0 Å². The normalized spacial score (nSPS) is 29.2. The van der Waals surface area contributed by atoms with Gasteiger partial charge >= 0.3 is 54.7 Å². The van der Waals surface area contributed by atoms with Gasteiger partial charge in [-0.2, -0.15) is 12.1 Å². The molecule has 0 nitrogen and oxygen atoms in total. The van der Waals surface area contributed by atoms with Crippen molar-refractivity contribution in [2.75, 3.05) is 0 Å². The van der Waals surface area contributed by atoms with E-state index in [1.165, 1.54) is 210 Å². The first-order valence-corrected chi connectivity index (χ1v) is 35.3. The fourth-order valence-electron chi connectivity index (χ4n) is 18.1. The molecule has 72 heavy (non-hydrogen) atoms. The van der Waals surface area contributed by atoms with Gasteiger partial charge in [0.05, 0.1) is 0 Å². The van der Waals surface area contributed by atoms with E-state index in [4.69, 9.17) is 0 Å². The summed E-state index contributed by atoms with van der Waals surface area (Å²) in [5.74, 6) is 7.90. The Balaban J connectivity index is 0.000000145. The SMILES string of the molecule is CCC[Si](C)=[Zr+2].[Cl-].[Cl-].c1cc(-c2ccc(C34CC5CC(CC(C5)C3)C4)cc2)c2cc(CC3CCCCC3)[cH-]c2c1.c1cc(-c2ccc(C34CC5CC(CC(C5)C3)C4)cc2)c2cc(CC3CCCCC3)[cH-]c2c1. The molecule has 0 unspecified atom stereocenters. The summed E-state index contributed by atoms with van der Waals surface area (Å²) < 4.78 is 0. The van der Waals surface area contributed by atoms with Crippen LogP contribution in [0, 0.1) is 47.3 Å². The molecule has 4 heteroatoms. The van der Waals surface area contributed by atoms with E-state index in [1.807, 2.05) is 0 Å². The van der Waals surface area contributed by atoms with Crippen LogP contribution in [0.2, 0.25) is 12.6 Å². The van der Waals surface area contributed by atoms with Crippen LogP contribution in [-0.2, 0) is 47.0 Å². The Morgan fingerprint density at radius 2 is 0.833 bits per heavy atom. The first-order valence-electron chi connectivity index (χ1n) is 29.4. The third-order valence-electron chi connectivity index (χ3n) is 20.4. The number of halogens is 2. The van der Waals surface area contributed by atoms with E-state index in [0.29, 0.717) is 10.8 Å².